The largest absolute Gasteiger partial charge is 0.366 e. The van der Waals surface area contributed by atoms with Crippen LogP contribution in [0.4, 0.5) is 10.1 Å². The van der Waals surface area contributed by atoms with Gasteiger partial charge >= 0.3 is 0 Å². The molecule has 1 aromatic carbocycles. The van der Waals surface area contributed by atoms with Crippen LogP contribution in [-0.2, 0) is 6.54 Å². The van der Waals surface area contributed by atoms with E-state index >= 15 is 0 Å². The molecule has 3 aromatic rings. The van der Waals surface area contributed by atoms with Crippen molar-refractivity contribution >= 4 is 5.69 Å². The van der Waals surface area contributed by atoms with Gasteiger partial charge in [-0.25, -0.2) is 9.07 Å². The zero-order valence-corrected chi connectivity index (χ0v) is 14.8. The van der Waals surface area contributed by atoms with E-state index in [4.69, 9.17) is 0 Å². The zero-order valence-electron chi connectivity index (χ0n) is 14.8. The van der Waals surface area contributed by atoms with Crippen LogP contribution < -0.4 is 4.90 Å². The van der Waals surface area contributed by atoms with E-state index in [1.54, 1.807) is 6.20 Å². The fourth-order valence-corrected chi connectivity index (χ4v) is 3.36. The van der Waals surface area contributed by atoms with Gasteiger partial charge in [0.2, 0.25) is 0 Å². The molecule has 4 rings (SSSR count). The number of anilines is 1. The van der Waals surface area contributed by atoms with Gasteiger partial charge in [-0.2, -0.15) is 5.10 Å². The number of hydrogen-bond donors (Lipinski definition) is 0. The summed E-state index contributed by atoms with van der Waals surface area (Å²) in [6.45, 7) is 6.68. The molecule has 1 fully saturated rings. The highest BCUT2D eigenvalue weighted by Crippen LogP contribution is 2.24. The van der Waals surface area contributed by atoms with Crippen LogP contribution in [0.1, 0.15) is 11.1 Å². The molecule has 2 aromatic heterocycles. The van der Waals surface area contributed by atoms with E-state index in [9.17, 15) is 4.39 Å². The first-order valence-electron chi connectivity index (χ1n) is 8.86. The Hall–Kier alpha value is -2.73. The minimum Gasteiger partial charge on any atom is -0.366 e. The van der Waals surface area contributed by atoms with Gasteiger partial charge in [0.15, 0.2) is 0 Å². The summed E-state index contributed by atoms with van der Waals surface area (Å²) < 4.78 is 15.0. The topological polar surface area (TPSA) is 37.2 Å². The van der Waals surface area contributed by atoms with Crippen molar-refractivity contribution in [2.24, 2.45) is 0 Å². The van der Waals surface area contributed by atoms with Crippen molar-refractivity contribution in [2.45, 2.75) is 13.5 Å². The lowest BCUT2D eigenvalue weighted by molar-refractivity contribution is 0.249. The summed E-state index contributed by atoms with van der Waals surface area (Å²) in [5.74, 6) is -0.184. The van der Waals surface area contributed by atoms with E-state index in [-0.39, 0.29) is 5.82 Å². The van der Waals surface area contributed by atoms with E-state index < -0.39 is 0 Å². The fraction of sp³-hybridized carbons (Fsp3) is 0.300. The number of hydrogen-bond acceptors (Lipinski definition) is 4. The molecule has 0 unspecified atom stereocenters. The Kier molecular flexibility index (Phi) is 4.67. The minimum absolute atomic E-state index is 0.184. The average Bonchev–Trinajstić information content (AvgIpc) is 3.11. The van der Waals surface area contributed by atoms with Crippen molar-refractivity contribution in [1.29, 1.82) is 0 Å². The Labute approximate surface area is 152 Å². The number of halogens is 1. The van der Waals surface area contributed by atoms with Crippen molar-refractivity contribution in [3.05, 3.63) is 72.1 Å². The second-order valence-electron chi connectivity index (χ2n) is 6.72. The lowest BCUT2D eigenvalue weighted by Crippen LogP contribution is -2.46. The standard InChI is InChI=1S/C20H22FN5/c1-16-12-23-26(14-16)19-6-7-22-13-20(19)25-10-8-24(9-11-25)15-17-2-4-18(21)5-3-17/h2-7,12-14H,8-11,15H2,1H3. The van der Waals surface area contributed by atoms with Gasteiger partial charge in [0.05, 0.1) is 23.8 Å². The minimum atomic E-state index is -0.184. The van der Waals surface area contributed by atoms with E-state index in [2.05, 4.69) is 19.9 Å². The second kappa shape index (κ2) is 7.25. The molecule has 3 heterocycles. The summed E-state index contributed by atoms with van der Waals surface area (Å²) in [6, 6.07) is 8.79. The van der Waals surface area contributed by atoms with Gasteiger partial charge in [-0.15, -0.1) is 0 Å². The molecule has 1 saturated heterocycles. The molecule has 0 aliphatic carbocycles. The molecule has 0 bridgehead atoms. The smallest absolute Gasteiger partial charge is 0.123 e. The first-order valence-corrected chi connectivity index (χ1v) is 8.86. The average molecular weight is 351 g/mol. The monoisotopic (exact) mass is 351 g/mol. The summed E-state index contributed by atoms with van der Waals surface area (Å²) in [5, 5.41) is 4.44. The Morgan fingerprint density at radius 3 is 2.42 bits per heavy atom. The highest BCUT2D eigenvalue weighted by Gasteiger charge is 2.20. The van der Waals surface area contributed by atoms with E-state index in [1.807, 2.05) is 48.4 Å². The summed E-state index contributed by atoms with van der Waals surface area (Å²) >= 11 is 0. The van der Waals surface area contributed by atoms with Crippen LogP contribution in [-0.4, -0.2) is 45.8 Å². The molecule has 0 radical (unpaired) electrons. The molecule has 5 nitrogen and oxygen atoms in total. The quantitative estimate of drug-likeness (QED) is 0.724. The van der Waals surface area contributed by atoms with Crippen LogP contribution in [0.5, 0.6) is 0 Å². The van der Waals surface area contributed by atoms with Crippen LogP contribution in [0.25, 0.3) is 5.69 Å². The molecule has 0 saturated carbocycles. The molecule has 0 N–H and O–H groups in total. The van der Waals surface area contributed by atoms with Crippen molar-refractivity contribution in [2.75, 3.05) is 31.1 Å². The van der Waals surface area contributed by atoms with Crippen LogP contribution in [0, 0.1) is 12.7 Å². The predicted octanol–water partition coefficient (Wildman–Crippen LogP) is 3.04. The molecular weight excluding hydrogens is 329 g/mol. The number of benzene rings is 1. The SMILES string of the molecule is Cc1cnn(-c2ccncc2N2CCN(Cc3ccc(F)cc3)CC2)c1. The van der Waals surface area contributed by atoms with Crippen molar-refractivity contribution < 1.29 is 4.39 Å². The number of aromatic nitrogens is 3. The summed E-state index contributed by atoms with van der Waals surface area (Å²) in [4.78, 5) is 9.08. The molecule has 26 heavy (non-hydrogen) atoms. The highest BCUT2D eigenvalue weighted by atomic mass is 19.1. The van der Waals surface area contributed by atoms with Crippen LogP contribution >= 0.6 is 0 Å². The first kappa shape index (κ1) is 16.7. The Morgan fingerprint density at radius 1 is 0.962 bits per heavy atom. The first-order chi connectivity index (χ1) is 12.7. The van der Waals surface area contributed by atoms with Gasteiger partial charge in [0.1, 0.15) is 5.82 Å². The Balaban J connectivity index is 1.44. The number of nitrogens with zero attached hydrogens (tertiary/aromatic N) is 5. The Morgan fingerprint density at radius 2 is 1.73 bits per heavy atom. The maximum absolute atomic E-state index is 13.1. The summed E-state index contributed by atoms with van der Waals surface area (Å²) in [7, 11) is 0. The maximum Gasteiger partial charge on any atom is 0.123 e. The maximum atomic E-state index is 13.1. The number of rotatable bonds is 4. The molecule has 0 amide bonds. The third-order valence-corrected chi connectivity index (χ3v) is 4.77. The van der Waals surface area contributed by atoms with Gasteiger partial charge in [-0.3, -0.25) is 9.88 Å². The molecule has 134 valence electrons. The third kappa shape index (κ3) is 3.60. The van der Waals surface area contributed by atoms with Crippen molar-refractivity contribution in [3.8, 4) is 5.69 Å². The van der Waals surface area contributed by atoms with Gasteiger partial charge in [0, 0.05) is 45.1 Å². The van der Waals surface area contributed by atoms with E-state index in [0.717, 1.165) is 55.2 Å². The second-order valence-corrected chi connectivity index (χ2v) is 6.72. The fourth-order valence-electron chi connectivity index (χ4n) is 3.36. The van der Waals surface area contributed by atoms with Crippen LogP contribution in [0.2, 0.25) is 0 Å². The van der Waals surface area contributed by atoms with Crippen molar-refractivity contribution in [3.63, 3.8) is 0 Å². The number of pyridine rings is 1. The molecule has 0 atom stereocenters. The van der Waals surface area contributed by atoms with E-state index in [1.165, 1.54) is 12.1 Å². The van der Waals surface area contributed by atoms with Gasteiger partial charge < -0.3 is 4.90 Å². The summed E-state index contributed by atoms with van der Waals surface area (Å²) in [6.07, 6.45) is 7.62. The molecular formula is C20H22FN5. The molecule has 1 aliphatic heterocycles. The summed E-state index contributed by atoms with van der Waals surface area (Å²) in [5.41, 5.74) is 4.45. The predicted molar refractivity (Wildman–Crippen MR) is 100.0 cm³/mol. The lowest BCUT2D eigenvalue weighted by atomic mass is 10.2. The van der Waals surface area contributed by atoms with Crippen LogP contribution in [0.3, 0.4) is 0 Å². The third-order valence-electron chi connectivity index (χ3n) is 4.77. The normalized spacial score (nSPS) is 15.4. The Bertz CT molecular complexity index is 866. The van der Waals surface area contributed by atoms with Crippen LogP contribution in [0.15, 0.2) is 55.1 Å². The van der Waals surface area contributed by atoms with Gasteiger partial charge in [0.25, 0.3) is 0 Å². The molecule has 0 spiro atoms. The number of piperazine rings is 1. The zero-order chi connectivity index (χ0) is 17.9. The highest BCUT2D eigenvalue weighted by molar-refractivity contribution is 5.61. The van der Waals surface area contributed by atoms with Crippen molar-refractivity contribution in [1.82, 2.24) is 19.7 Å². The van der Waals surface area contributed by atoms with E-state index in [0.29, 0.717) is 0 Å². The molecule has 1 aliphatic rings. The van der Waals surface area contributed by atoms with Gasteiger partial charge in [-0.1, -0.05) is 12.1 Å². The lowest BCUT2D eigenvalue weighted by Gasteiger charge is -2.36. The number of aryl methyl sites for hydroxylation is 1. The van der Waals surface area contributed by atoms with Gasteiger partial charge in [-0.05, 0) is 36.2 Å². The molecule has 6 heteroatoms.